The summed E-state index contributed by atoms with van der Waals surface area (Å²) >= 11 is 0. The van der Waals surface area contributed by atoms with E-state index in [9.17, 15) is 8.42 Å². The van der Waals surface area contributed by atoms with E-state index < -0.39 is 10.0 Å². The number of halogens is 1. The number of hydrogen-bond donors (Lipinski definition) is 3. The minimum atomic E-state index is -3.50. The topological polar surface area (TPSA) is 115 Å². The van der Waals surface area contributed by atoms with Gasteiger partial charge in [0.2, 0.25) is 10.0 Å². The second-order valence-electron chi connectivity index (χ2n) is 5.09. The van der Waals surface area contributed by atoms with Crippen LogP contribution in [0.2, 0.25) is 0 Å². The molecular weight excluding hydrogens is 459 g/mol. The van der Waals surface area contributed by atoms with Gasteiger partial charge in [-0.2, -0.15) is 0 Å². The van der Waals surface area contributed by atoms with Crippen molar-refractivity contribution in [2.75, 3.05) is 32.5 Å². The quantitative estimate of drug-likeness (QED) is 0.272. The first-order valence-corrected chi connectivity index (χ1v) is 9.39. The second-order valence-corrected chi connectivity index (χ2v) is 6.83. The highest BCUT2D eigenvalue weighted by atomic mass is 127. The summed E-state index contributed by atoms with van der Waals surface area (Å²) in [7, 11) is -1.91. The Kier molecular flexibility index (Phi) is 11.5. The van der Waals surface area contributed by atoms with Crippen molar-refractivity contribution in [2.45, 2.75) is 20.0 Å². The Balaban J connectivity index is 0.00000576. The highest BCUT2D eigenvalue weighted by molar-refractivity contribution is 14.0. The van der Waals surface area contributed by atoms with Gasteiger partial charge < -0.3 is 20.1 Å². The van der Waals surface area contributed by atoms with Crippen molar-refractivity contribution in [2.24, 2.45) is 10.1 Å². The maximum Gasteiger partial charge on any atom is 0.210 e. The van der Waals surface area contributed by atoms with Crippen LogP contribution >= 0.6 is 24.0 Å². The van der Waals surface area contributed by atoms with Gasteiger partial charge in [-0.05, 0) is 26.0 Å². The van der Waals surface area contributed by atoms with E-state index in [0.29, 0.717) is 30.5 Å². The van der Waals surface area contributed by atoms with Crippen LogP contribution in [-0.4, -0.2) is 53.0 Å². The average Bonchev–Trinajstić information content (AvgIpc) is 2.52. The summed E-state index contributed by atoms with van der Waals surface area (Å²) in [5, 5.41) is 10.9. The SMILES string of the molecule is CCNC(=NCC(C)Oc1ccccc1OC)NCCS(N)(=O)=O.I. The van der Waals surface area contributed by atoms with Crippen LogP contribution in [0.1, 0.15) is 13.8 Å². The molecule has 10 heteroatoms. The molecule has 0 aliphatic carbocycles. The van der Waals surface area contributed by atoms with Gasteiger partial charge in [-0.1, -0.05) is 12.1 Å². The summed E-state index contributed by atoms with van der Waals surface area (Å²) in [5.74, 6) is 1.66. The third-order valence-electron chi connectivity index (χ3n) is 2.93. The normalized spacial score (nSPS) is 12.7. The molecule has 0 radical (unpaired) electrons. The number of nitrogens with two attached hydrogens (primary N) is 1. The number of primary sulfonamides is 1. The van der Waals surface area contributed by atoms with E-state index in [1.807, 2.05) is 38.1 Å². The van der Waals surface area contributed by atoms with E-state index >= 15 is 0 Å². The zero-order valence-corrected chi connectivity index (χ0v) is 17.8. The summed E-state index contributed by atoms with van der Waals surface area (Å²) in [5.41, 5.74) is 0. The minimum Gasteiger partial charge on any atom is -0.493 e. The van der Waals surface area contributed by atoms with Crippen LogP contribution in [0.3, 0.4) is 0 Å². The largest absolute Gasteiger partial charge is 0.493 e. The average molecular weight is 486 g/mol. The number of guanidine groups is 1. The van der Waals surface area contributed by atoms with Gasteiger partial charge >= 0.3 is 0 Å². The number of nitrogens with one attached hydrogen (secondary N) is 2. The third kappa shape index (κ3) is 10.3. The van der Waals surface area contributed by atoms with Crippen LogP contribution < -0.4 is 25.2 Å². The number of rotatable bonds is 9. The van der Waals surface area contributed by atoms with Gasteiger partial charge in [0.05, 0.1) is 19.4 Å². The van der Waals surface area contributed by atoms with Crippen LogP contribution in [-0.2, 0) is 10.0 Å². The van der Waals surface area contributed by atoms with Crippen molar-refractivity contribution in [1.82, 2.24) is 10.6 Å². The van der Waals surface area contributed by atoms with Crippen molar-refractivity contribution in [1.29, 1.82) is 0 Å². The zero-order valence-electron chi connectivity index (χ0n) is 14.7. The number of aliphatic imine (C=N–C) groups is 1. The molecule has 0 fully saturated rings. The fourth-order valence-corrected chi connectivity index (χ4v) is 2.23. The monoisotopic (exact) mass is 486 g/mol. The fraction of sp³-hybridized carbons (Fsp3) is 0.533. The Morgan fingerprint density at radius 1 is 1.28 bits per heavy atom. The van der Waals surface area contributed by atoms with E-state index in [-0.39, 0.29) is 42.4 Å². The van der Waals surface area contributed by atoms with Crippen molar-refractivity contribution < 1.29 is 17.9 Å². The lowest BCUT2D eigenvalue weighted by atomic mass is 10.3. The van der Waals surface area contributed by atoms with Crippen molar-refractivity contribution in [3.8, 4) is 11.5 Å². The molecule has 0 aliphatic rings. The lowest BCUT2D eigenvalue weighted by molar-refractivity contribution is 0.219. The number of nitrogens with zero attached hydrogens (tertiary/aromatic N) is 1. The lowest BCUT2D eigenvalue weighted by Gasteiger charge is -2.16. The smallest absolute Gasteiger partial charge is 0.210 e. The van der Waals surface area contributed by atoms with Gasteiger partial charge in [0.15, 0.2) is 17.5 Å². The molecule has 25 heavy (non-hydrogen) atoms. The molecule has 0 spiro atoms. The van der Waals surface area contributed by atoms with E-state index in [1.54, 1.807) is 7.11 Å². The second kappa shape index (κ2) is 12.1. The van der Waals surface area contributed by atoms with Gasteiger partial charge in [0, 0.05) is 13.1 Å². The lowest BCUT2D eigenvalue weighted by Crippen LogP contribution is -2.40. The maximum atomic E-state index is 10.9. The molecule has 0 heterocycles. The highest BCUT2D eigenvalue weighted by Crippen LogP contribution is 2.26. The Labute approximate surface area is 166 Å². The molecular formula is C15H27IN4O4S. The molecule has 1 atom stereocenters. The van der Waals surface area contributed by atoms with E-state index in [0.717, 1.165) is 0 Å². The summed E-state index contributed by atoms with van der Waals surface area (Å²) in [6.45, 7) is 5.05. The van der Waals surface area contributed by atoms with Crippen LogP contribution in [0.4, 0.5) is 0 Å². The fourth-order valence-electron chi connectivity index (χ4n) is 1.84. The minimum absolute atomic E-state index is 0. The van der Waals surface area contributed by atoms with Crippen LogP contribution in [0.15, 0.2) is 29.3 Å². The maximum absolute atomic E-state index is 10.9. The van der Waals surface area contributed by atoms with Gasteiger partial charge in [-0.3, -0.25) is 0 Å². The Morgan fingerprint density at radius 2 is 1.92 bits per heavy atom. The summed E-state index contributed by atoms with van der Waals surface area (Å²) in [4.78, 5) is 4.38. The first-order valence-electron chi connectivity index (χ1n) is 7.68. The molecule has 1 unspecified atom stereocenters. The van der Waals surface area contributed by atoms with Crippen LogP contribution in [0.25, 0.3) is 0 Å². The number of methoxy groups -OCH3 is 1. The summed E-state index contributed by atoms with van der Waals surface area (Å²) in [6.07, 6.45) is -0.185. The molecule has 1 aromatic rings. The molecule has 0 saturated carbocycles. The standard InChI is InChI=1S/C15H26N4O4S.HI/c1-4-17-15(18-9-10-24(16,20)21)19-11-12(2)23-14-8-6-5-7-13(14)22-3;/h5-8,12H,4,9-11H2,1-3H3,(H2,16,20,21)(H2,17,18,19);1H. The van der Waals surface area contributed by atoms with E-state index in [4.69, 9.17) is 14.6 Å². The molecule has 1 aromatic carbocycles. The Morgan fingerprint density at radius 3 is 2.48 bits per heavy atom. The summed E-state index contributed by atoms with van der Waals surface area (Å²) in [6, 6.07) is 7.39. The molecule has 8 nitrogen and oxygen atoms in total. The predicted octanol–water partition coefficient (Wildman–Crippen LogP) is 0.924. The Hall–Kier alpha value is -1.27. The van der Waals surface area contributed by atoms with Crippen molar-refractivity contribution in [3.05, 3.63) is 24.3 Å². The van der Waals surface area contributed by atoms with Crippen LogP contribution in [0, 0.1) is 0 Å². The highest BCUT2D eigenvalue weighted by Gasteiger charge is 2.09. The molecule has 4 N–H and O–H groups in total. The molecule has 1 rings (SSSR count). The Bertz CT molecular complexity index is 640. The zero-order chi connectivity index (χ0) is 18.0. The van der Waals surface area contributed by atoms with Crippen LogP contribution in [0.5, 0.6) is 11.5 Å². The van der Waals surface area contributed by atoms with E-state index in [2.05, 4.69) is 15.6 Å². The van der Waals surface area contributed by atoms with Gasteiger partial charge in [0.1, 0.15) is 6.10 Å². The van der Waals surface area contributed by atoms with E-state index in [1.165, 1.54) is 0 Å². The number of sulfonamides is 1. The molecule has 0 bridgehead atoms. The van der Waals surface area contributed by atoms with Crippen molar-refractivity contribution >= 4 is 40.0 Å². The third-order valence-corrected chi connectivity index (χ3v) is 3.70. The number of hydrogen-bond acceptors (Lipinski definition) is 5. The van der Waals surface area contributed by atoms with Crippen molar-refractivity contribution in [3.63, 3.8) is 0 Å². The molecule has 0 saturated heterocycles. The molecule has 0 aliphatic heterocycles. The molecule has 0 aromatic heterocycles. The van der Waals surface area contributed by atoms with Gasteiger partial charge in [-0.25, -0.2) is 18.5 Å². The van der Waals surface area contributed by atoms with Gasteiger partial charge in [0.25, 0.3) is 0 Å². The molecule has 0 amide bonds. The first kappa shape index (κ1) is 23.7. The van der Waals surface area contributed by atoms with Gasteiger partial charge in [-0.15, -0.1) is 24.0 Å². The summed E-state index contributed by atoms with van der Waals surface area (Å²) < 4.78 is 33.0. The molecule has 144 valence electrons. The first-order chi connectivity index (χ1) is 11.4. The number of ether oxygens (including phenoxy) is 2. The predicted molar refractivity (Wildman–Crippen MR) is 110 cm³/mol. The number of benzene rings is 1. The number of para-hydroxylation sites is 2.